The number of hydrogen-bond acceptors (Lipinski definition) is 5. The summed E-state index contributed by atoms with van der Waals surface area (Å²) >= 11 is 0. The third-order valence-corrected chi connectivity index (χ3v) is 2.29. The van der Waals surface area contributed by atoms with E-state index in [9.17, 15) is 0 Å². The van der Waals surface area contributed by atoms with Crippen LogP contribution in [0.4, 0.5) is 5.69 Å². The molecule has 0 saturated carbocycles. The lowest BCUT2D eigenvalue weighted by atomic mass is 10.2. The minimum atomic E-state index is -0.246. The molecule has 0 amide bonds. The van der Waals surface area contributed by atoms with Crippen molar-refractivity contribution in [1.82, 2.24) is 10.2 Å². The molecule has 0 spiro atoms. The van der Waals surface area contributed by atoms with Crippen molar-refractivity contribution in [3.63, 3.8) is 0 Å². The maximum absolute atomic E-state index is 8.90. The summed E-state index contributed by atoms with van der Waals surface area (Å²) in [5.74, 6) is 0. The van der Waals surface area contributed by atoms with Gasteiger partial charge in [-0.3, -0.25) is 5.10 Å². The van der Waals surface area contributed by atoms with Crippen LogP contribution in [0.3, 0.4) is 0 Å². The summed E-state index contributed by atoms with van der Waals surface area (Å²) in [5.41, 5.74) is 1.17. The monoisotopic (exact) mass is 234 g/mol. The molecule has 6 heteroatoms. The van der Waals surface area contributed by atoms with Gasteiger partial charge in [0.2, 0.25) is 0 Å². The van der Waals surface area contributed by atoms with Gasteiger partial charge in [0.15, 0.2) is 5.57 Å². The Hall–Kier alpha value is -3.30. The number of fused-ring (bicyclic) bond motifs is 1. The average molecular weight is 234 g/mol. The maximum Gasteiger partial charge on any atom is 0.163 e. The van der Waals surface area contributed by atoms with Gasteiger partial charge in [-0.05, 0) is 18.2 Å². The highest BCUT2D eigenvalue weighted by molar-refractivity contribution is 5.82. The van der Waals surface area contributed by atoms with Gasteiger partial charge in [-0.25, -0.2) is 0 Å². The Morgan fingerprint density at radius 1 is 1.17 bits per heavy atom. The Morgan fingerprint density at radius 3 is 2.61 bits per heavy atom. The van der Waals surface area contributed by atoms with Gasteiger partial charge in [0.25, 0.3) is 0 Å². The molecule has 0 fully saturated rings. The maximum atomic E-state index is 8.90. The highest BCUT2D eigenvalue weighted by Gasteiger charge is 2.06. The van der Waals surface area contributed by atoms with E-state index in [-0.39, 0.29) is 11.3 Å². The number of nitriles is 3. The minimum Gasteiger partial charge on any atom is -0.345 e. The van der Waals surface area contributed by atoms with Crippen LogP contribution in [-0.4, -0.2) is 10.2 Å². The van der Waals surface area contributed by atoms with Crippen LogP contribution in [-0.2, 0) is 0 Å². The van der Waals surface area contributed by atoms with Gasteiger partial charge in [0, 0.05) is 11.1 Å². The van der Waals surface area contributed by atoms with Crippen molar-refractivity contribution in [2.24, 2.45) is 0 Å². The second-order valence-corrected chi connectivity index (χ2v) is 3.38. The van der Waals surface area contributed by atoms with E-state index in [2.05, 4.69) is 15.5 Å². The lowest BCUT2D eigenvalue weighted by Gasteiger charge is -2.04. The summed E-state index contributed by atoms with van der Waals surface area (Å²) < 4.78 is 0. The summed E-state index contributed by atoms with van der Waals surface area (Å²) in [4.78, 5) is 0. The second-order valence-electron chi connectivity index (χ2n) is 3.38. The molecule has 18 heavy (non-hydrogen) atoms. The number of nitrogens with one attached hydrogen (secondary N) is 2. The first-order valence-electron chi connectivity index (χ1n) is 4.93. The van der Waals surface area contributed by atoms with Gasteiger partial charge in [-0.15, -0.1) is 0 Å². The first kappa shape index (κ1) is 11.2. The van der Waals surface area contributed by atoms with Crippen molar-refractivity contribution < 1.29 is 0 Å². The Morgan fingerprint density at radius 2 is 1.94 bits per heavy atom. The van der Waals surface area contributed by atoms with Gasteiger partial charge >= 0.3 is 0 Å². The predicted octanol–water partition coefficient (Wildman–Crippen LogP) is 1.80. The predicted molar refractivity (Wildman–Crippen MR) is 63.6 cm³/mol. The van der Waals surface area contributed by atoms with Gasteiger partial charge in [-0.2, -0.15) is 20.9 Å². The van der Waals surface area contributed by atoms with Crippen molar-refractivity contribution >= 4 is 16.6 Å². The van der Waals surface area contributed by atoms with E-state index >= 15 is 0 Å². The van der Waals surface area contributed by atoms with Crippen molar-refractivity contribution in [3.05, 3.63) is 35.7 Å². The first-order chi connectivity index (χ1) is 8.78. The minimum absolute atomic E-state index is 0.0668. The zero-order valence-electron chi connectivity index (χ0n) is 9.10. The molecule has 1 heterocycles. The molecule has 0 atom stereocenters. The van der Waals surface area contributed by atoms with Gasteiger partial charge < -0.3 is 5.32 Å². The quantitative estimate of drug-likeness (QED) is 0.769. The molecule has 0 saturated heterocycles. The van der Waals surface area contributed by atoms with E-state index in [1.807, 2.05) is 0 Å². The molecule has 6 nitrogen and oxygen atoms in total. The van der Waals surface area contributed by atoms with Crippen molar-refractivity contribution in [2.45, 2.75) is 0 Å². The zero-order valence-corrected chi connectivity index (χ0v) is 9.10. The molecule has 1 aromatic heterocycles. The third kappa shape index (κ3) is 1.97. The van der Waals surface area contributed by atoms with Crippen LogP contribution in [0.5, 0.6) is 0 Å². The lowest BCUT2D eigenvalue weighted by Crippen LogP contribution is -2.00. The van der Waals surface area contributed by atoms with E-state index in [1.165, 1.54) is 0 Å². The van der Waals surface area contributed by atoms with Gasteiger partial charge in [0.1, 0.15) is 23.9 Å². The van der Waals surface area contributed by atoms with E-state index in [0.29, 0.717) is 5.69 Å². The van der Waals surface area contributed by atoms with E-state index in [1.54, 1.807) is 42.6 Å². The normalized spacial score (nSPS) is 8.94. The largest absolute Gasteiger partial charge is 0.345 e. The Labute approximate surface area is 102 Å². The molecule has 2 aromatic rings. The fourth-order valence-corrected chi connectivity index (χ4v) is 1.45. The number of aromatic amines is 1. The van der Waals surface area contributed by atoms with Crippen LogP contribution in [0.1, 0.15) is 0 Å². The van der Waals surface area contributed by atoms with Crippen molar-refractivity contribution in [2.75, 3.05) is 5.32 Å². The van der Waals surface area contributed by atoms with Crippen molar-refractivity contribution in [3.8, 4) is 18.2 Å². The van der Waals surface area contributed by atoms with Gasteiger partial charge in [-0.1, -0.05) is 0 Å². The summed E-state index contributed by atoms with van der Waals surface area (Å²) in [6.07, 6.45) is 1.64. The molecule has 0 unspecified atom stereocenters. The molecular weight excluding hydrogens is 228 g/mol. The number of allylic oxidation sites excluding steroid dienone is 2. The molecule has 0 radical (unpaired) electrons. The number of anilines is 1. The fraction of sp³-hybridized carbons (Fsp3) is 0. The molecule has 1 aromatic carbocycles. The SMILES string of the molecule is N#CC(C#N)=C(C#N)Nc1ccc2[nH]ncc2c1. The number of hydrogen-bond donors (Lipinski definition) is 2. The first-order valence-corrected chi connectivity index (χ1v) is 4.93. The summed E-state index contributed by atoms with van der Waals surface area (Å²) in [7, 11) is 0. The molecule has 0 aliphatic heterocycles. The highest BCUT2D eigenvalue weighted by atomic mass is 15.1. The molecule has 2 N–H and O–H groups in total. The van der Waals surface area contributed by atoms with Crippen molar-refractivity contribution in [1.29, 1.82) is 15.8 Å². The van der Waals surface area contributed by atoms with Crippen LogP contribution in [0.2, 0.25) is 0 Å². The Kier molecular flexibility index (Phi) is 2.92. The fourth-order valence-electron chi connectivity index (χ4n) is 1.45. The number of H-pyrrole nitrogens is 1. The summed E-state index contributed by atoms with van der Waals surface area (Å²) in [6.45, 7) is 0. The zero-order chi connectivity index (χ0) is 13.0. The average Bonchev–Trinajstić information content (AvgIpc) is 2.86. The Bertz CT molecular complexity index is 731. The van der Waals surface area contributed by atoms with Crippen LogP contribution in [0.15, 0.2) is 35.7 Å². The Balaban J connectivity index is 2.40. The van der Waals surface area contributed by atoms with E-state index in [4.69, 9.17) is 15.8 Å². The number of nitrogens with zero attached hydrogens (tertiary/aromatic N) is 4. The molecule has 0 bridgehead atoms. The number of benzene rings is 1. The van der Waals surface area contributed by atoms with E-state index in [0.717, 1.165) is 10.9 Å². The van der Waals surface area contributed by atoms with Crippen LogP contribution >= 0.6 is 0 Å². The molecule has 84 valence electrons. The van der Waals surface area contributed by atoms with Crippen LogP contribution < -0.4 is 5.32 Å². The third-order valence-electron chi connectivity index (χ3n) is 2.29. The number of aromatic nitrogens is 2. The smallest absolute Gasteiger partial charge is 0.163 e. The van der Waals surface area contributed by atoms with E-state index < -0.39 is 0 Å². The standard InChI is InChI=1S/C12H6N6/c13-4-9(5-14)12(6-15)17-10-1-2-11-8(3-10)7-16-18-11/h1-3,7,17H,(H,16,18). The van der Waals surface area contributed by atoms with Crippen LogP contribution in [0.25, 0.3) is 10.9 Å². The summed E-state index contributed by atoms with van der Waals surface area (Å²) in [6, 6.07) is 10.4. The number of rotatable bonds is 2. The molecule has 0 aliphatic carbocycles. The summed E-state index contributed by atoms with van der Waals surface area (Å²) in [5, 5.41) is 36.6. The highest BCUT2D eigenvalue weighted by Crippen LogP contribution is 2.18. The van der Waals surface area contributed by atoms with Crippen LogP contribution in [0, 0.1) is 34.0 Å². The van der Waals surface area contributed by atoms with Gasteiger partial charge in [0.05, 0.1) is 11.7 Å². The second kappa shape index (κ2) is 4.69. The molecule has 0 aliphatic rings. The lowest BCUT2D eigenvalue weighted by molar-refractivity contribution is 1.12. The molecule has 2 rings (SSSR count). The topological polar surface area (TPSA) is 112 Å². The molecular formula is C12H6N6.